The Labute approximate surface area is 106 Å². The topological polar surface area (TPSA) is 18.5 Å². The molecule has 88 valence electrons. The van der Waals surface area contributed by atoms with Crippen LogP contribution < -0.4 is 9.05 Å². The van der Waals surface area contributed by atoms with E-state index in [0.29, 0.717) is 0 Å². The fourth-order valence-electron chi connectivity index (χ4n) is 1.44. The second kappa shape index (κ2) is 5.44. The van der Waals surface area contributed by atoms with E-state index >= 15 is 0 Å². The summed E-state index contributed by atoms with van der Waals surface area (Å²) in [6.45, 7) is 2.20. The van der Waals surface area contributed by atoms with E-state index in [9.17, 15) is 0 Å². The highest BCUT2D eigenvalue weighted by molar-refractivity contribution is 8.68. The first-order valence-corrected chi connectivity index (χ1v) is 9.69. The molecule has 1 aromatic carbocycles. The highest BCUT2D eigenvalue weighted by Gasteiger charge is 2.31. The molecule has 0 bridgehead atoms. The maximum atomic E-state index is 5.74. The Kier molecular flexibility index (Phi) is 4.17. The molecule has 2 rings (SSSR count). The quantitative estimate of drug-likeness (QED) is 0.576. The molecule has 1 aliphatic rings. The Morgan fingerprint density at radius 2 is 1.81 bits per heavy atom. The molecule has 1 aromatic rings. The van der Waals surface area contributed by atoms with Crippen molar-refractivity contribution in [1.82, 2.24) is 0 Å². The highest BCUT2D eigenvalue weighted by atomic mass is 32.9. The van der Waals surface area contributed by atoms with Crippen LogP contribution in [-0.4, -0.2) is 5.75 Å². The van der Waals surface area contributed by atoms with Gasteiger partial charge in [0.25, 0.3) is 0 Å². The summed E-state index contributed by atoms with van der Waals surface area (Å²) in [6, 6.07) is 7.70. The van der Waals surface area contributed by atoms with Gasteiger partial charge in [0, 0.05) is 5.75 Å². The van der Waals surface area contributed by atoms with Crippen molar-refractivity contribution in [2.75, 3.05) is 5.75 Å². The summed E-state index contributed by atoms with van der Waals surface area (Å²) >= 11 is 7.12. The minimum Gasteiger partial charge on any atom is -0.424 e. The summed E-state index contributed by atoms with van der Waals surface area (Å²) in [7, 11) is 0. The average molecular weight is 274 g/mol. The predicted octanol–water partition coefficient (Wildman–Crippen LogP) is 4.61. The van der Waals surface area contributed by atoms with E-state index in [0.717, 1.165) is 17.3 Å². The zero-order valence-corrected chi connectivity index (χ0v) is 11.7. The normalized spacial score (nSPS) is 16.3. The minimum absolute atomic E-state index is 0.800. The SMILES string of the molecule is CCCCCSP1(=S)Oc2ccccc2O1. The van der Waals surface area contributed by atoms with Crippen LogP contribution in [0.25, 0.3) is 0 Å². The predicted molar refractivity (Wildman–Crippen MR) is 74.0 cm³/mol. The molecule has 1 aliphatic heterocycles. The molecule has 0 aliphatic carbocycles. The molecule has 16 heavy (non-hydrogen) atoms. The fraction of sp³-hybridized carbons (Fsp3) is 0.455. The van der Waals surface area contributed by atoms with Crippen LogP contribution in [0.3, 0.4) is 0 Å². The number of hydrogen-bond acceptors (Lipinski definition) is 4. The number of benzene rings is 1. The molecule has 0 radical (unpaired) electrons. The molecule has 1 heterocycles. The lowest BCUT2D eigenvalue weighted by atomic mass is 10.3. The monoisotopic (exact) mass is 274 g/mol. The highest BCUT2D eigenvalue weighted by Crippen LogP contribution is 2.66. The first-order chi connectivity index (χ1) is 7.73. The van der Waals surface area contributed by atoms with Gasteiger partial charge in [-0.15, -0.1) is 0 Å². The molecule has 0 N–H and O–H groups in total. The molecule has 0 spiro atoms. The summed E-state index contributed by atoms with van der Waals surface area (Å²) in [5, 5.41) is 0. The third-order valence-corrected chi connectivity index (χ3v) is 7.23. The van der Waals surface area contributed by atoms with Gasteiger partial charge in [-0.25, -0.2) is 0 Å². The van der Waals surface area contributed by atoms with Crippen LogP contribution in [0.1, 0.15) is 26.2 Å². The molecular weight excluding hydrogens is 259 g/mol. The fourth-order valence-corrected chi connectivity index (χ4v) is 5.93. The number of unbranched alkanes of at least 4 members (excludes halogenated alkanes) is 2. The second-order valence-electron chi connectivity index (χ2n) is 3.62. The first-order valence-electron chi connectivity index (χ1n) is 5.46. The lowest BCUT2D eigenvalue weighted by molar-refractivity contribution is 0.593. The molecule has 0 saturated heterocycles. The van der Waals surface area contributed by atoms with Gasteiger partial charge in [0.1, 0.15) is 0 Å². The van der Waals surface area contributed by atoms with Gasteiger partial charge in [-0.1, -0.05) is 31.9 Å². The molecule has 2 nitrogen and oxygen atoms in total. The zero-order chi connectivity index (χ0) is 11.4. The van der Waals surface area contributed by atoms with E-state index in [2.05, 4.69) is 6.92 Å². The van der Waals surface area contributed by atoms with Crippen molar-refractivity contribution in [2.45, 2.75) is 26.2 Å². The summed E-state index contributed by atoms with van der Waals surface area (Å²) in [5.41, 5.74) is -2.14. The van der Waals surface area contributed by atoms with Crippen molar-refractivity contribution in [3.05, 3.63) is 24.3 Å². The lowest BCUT2D eigenvalue weighted by Crippen LogP contribution is -1.88. The molecule has 0 aromatic heterocycles. The Morgan fingerprint density at radius 1 is 1.19 bits per heavy atom. The molecule has 0 unspecified atom stereocenters. The molecule has 0 fully saturated rings. The summed E-state index contributed by atoms with van der Waals surface area (Å²) in [4.78, 5) is 0. The third kappa shape index (κ3) is 2.93. The Morgan fingerprint density at radius 3 is 2.38 bits per heavy atom. The van der Waals surface area contributed by atoms with E-state index in [-0.39, 0.29) is 0 Å². The molecular formula is C11H15O2PS2. The molecule has 0 atom stereocenters. The summed E-state index contributed by atoms with van der Waals surface area (Å²) < 4.78 is 11.5. The van der Waals surface area contributed by atoms with Gasteiger partial charge in [0.05, 0.1) is 0 Å². The first kappa shape index (κ1) is 12.3. The maximum Gasteiger partial charge on any atom is 0.348 e. The second-order valence-corrected chi connectivity index (χ2v) is 9.90. The van der Waals surface area contributed by atoms with Crippen molar-refractivity contribution in [1.29, 1.82) is 0 Å². The Bertz CT molecular complexity index is 380. The molecule has 5 heteroatoms. The summed E-state index contributed by atoms with van der Waals surface area (Å²) in [5.74, 6) is 2.63. The van der Waals surface area contributed by atoms with Gasteiger partial charge in [-0.2, -0.15) is 0 Å². The van der Waals surface area contributed by atoms with Crippen molar-refractivity contribution in [3.63, 3.8) is 0 Å². The lowest BCUT2D eigenvalue weighted by Gasteiger charge is -2.12. The average Bonchev–Trinajstić information content (AvgIpc) is 2.61. The smallest absolute Gasteiger partial charge is 0.348 e. The van der Waals surface area contributed by atoms with Crippen LogP contribution in [0.15, 0.2) is 24.3 Å². The van der Waals surface area contributed by atoms with Gasteiger partial charge >= 0.3 is 5.69 Å². The van der Waals surface area contributed by atoms with Crippen LogP contribution in [0.5, 0.6) is 11.5 Å². The summed E-state index contributed by atoms with van der Waals surface area (Å²) in [6.07, 6.45) is 3.66. The van der Waals surface area contributed by atoms with E-state index < -0.39 is 5.69 Å². The van der Waals surface area contributed by atoms with E-state index in [1.54, 1.807) is 11.4 Å². The van der Waals surface area contributed by atoms with Gasteiger partial charge < -0.3 is 9.05 Å². The molecule has 0 amide bonds. The standard InChI is InChI=1S/C11H15O2PS2/c1-2-3-6-9-16-14(15)12-10-7-4-5-8-11(10)13-14/h4-5,7-8H,2-3,6,9H2,1H3. The van der Waals surface area contributed by atoms with Crippen molar-refractivity contribution in [2.24, 2.45) is 0 Å². The van der Waals surface area contributed by atoms with Crippen molar-refractivity contribution < 1.29 is 9.05 Å². The maximum absolute atomic E-state index is 5.74. The number of para-hydroxylation sites is 2. The largest absolute Gasteiger partial charge is 0.424 e. The van der Waals surface area contributed by atoms with Crippen LogP contribution in [0.4, 0.5) is 0 Å². The van der Waals surface area contributed by atoms with E-state index in [1.165, 1.54) is 19.3 Å². The van der Waals surface area contributed by atoms with E-state index in [4.69, 9.17) is 20.9 Å². The third-order valence-electron chi connectivity index (χ3n) is 2.27. The van der Waals surface area contributed by atoms with Gasteiger partial charge in [0.15, 0.2) is 11.5 Å². The Hall–Kier alpha value is -0.180. The van der Waals surface area contributed by atoms with Gasteiger partial charge in [-0.3, -0.25) is 0 Å². The van der Waals surface area contributed by atoms with Crippen LogP contribution in [0.2, 0.25) is 0 Å². The molecule has 0 saturated carbocycles. The zero-order valence-electron chi connectivity index (χ0n) is 9.22. The van der Waals surface area contributed by atoms with Crippen LogP contribution in [-0.2, 0) is 11.8 Å². The number of fused-ring (bicyclic) bond motifs is 1. The van der Waals surface area contributed by atoms with Gasteiger partial charge in [0.2, 0.25) is 0 Å². The van der Waals surface area contributed by atoms with Gasteiger partial charge in [-0.05, 0) is 41.7 Å². The number of hydrogen-bond donors (Lipinski definition) is 0. The Balaban J connectivity index is 1.91. The van der Waals surface area contributed by atoms with Crippen molar-refractivity contribution >= 4 is 28.9 Å². The van der Waals surface area contributed by atoms with E-state index in [1.807, 2.05) is 24.3 Å². The van der Waals surface area contributed by atoms with Crippen LogP contribution >= 0.6 is 17.1 Å². The van der Waals surface area contributed by atoms with Crippen molar-refractivity contribution in [3.8, 4) is 11.5 Å². The number of rotatable bonds is 5. The van der Waals surface area contributed by atoms with Crippen LogP contribution in [0, 0.1) is 0 Å². The minimum atomic E-state index is -2.14.